The first-order valence-electron chi connectivity index (χ1n) is 14.0. The van der Waals surface area contributed by atoms with Crippen molar-refractivity contribution in [1.29, 1.82) is 0 Å². The van der Waals surface area contributed by atoms with E-state index < -0.39 is 17.4 Å². The molecule has 2 N–H and O–H groups in total. The molecule has 2 unspecified atom stereocenters. The van der Waals surface area contributed by atoms with Crippen LogP contribution in [0.4, 0.5) is 0 Å². The maximum atomic E-state index is 9.21. The molecule has 2 nitrogen and oxygen atoms in total. The van der Waals surface area contributed by atoms with E-state index in [1.165, 1.54) is 11.1 Å². The molecular formula is C36H42O2SiZr. The van der Waals surface area contributed by atoms with Crippen molar-refractivity contribution in [1.82, 2.24) is 0 Å². The molecule has 2 aliphatic rings. The summed E-state index contributed by atoms with van der Waals surface area (Å²) in [5, 5.41) is 18.4. The van der Waals surface area contributed by atoms with E-state index in [-0.39, 0.29) is 0 Å². The van der Waals surface area contributed by atoms with Crippen LogP contribution in [0.15, 0.2) is 97.1 Å². The van der Waals surface area contributed by atoms with Gasteiger partial charge < -0.3 is 10.2 Å². The fourth-order valence-corrected chi connectivity index (χ4v) is 21.0. The zero-order chi connectivity index (χ0) is 29.1. The van der Waals surface area contributed by atoms with Gasteiger partial charge in [0.05, 0.1) is 0 Å². The number of phenolic OH excluding ortho intramolecular Hbond substituents is 2. The minimum atomic E-state index is -3.02. The molecule has 6 rings (SSSR count). The number of phenols is 2. The second-order valence-corrected chi connectivity index (χ2v) is 43.0. The molecule has 4 aromatic rings. The SMILES string of the molecule is Cc1cccc(C)c1O.Cc1cccc(C)c1O.[CH3][Zr]([CH3])(=[SiH2])([CH]1C=Cc2ccccc21)[CH]1C=Cc2ccccc21. The van der Waals surface area contributed by atoms with E-state index in [1.54, 1.807) is 11.1 Å². The molecule has 0 saturated carbocycles. The molecule has 0 saturated heterocycles. The first-order chi connectivity index (χ1) is 18.9. The van der Waals surface area contributed by atoms with Crippen LogP contribution < -0.4 is 0 Å². The van der Waals surface area contributed by atoms with Gasteiger partial charge in [-0.25, -0.2) is 0 Å². The van der Waals surface area contributed by atoms with E-state index in [1.807, 2.05) is 64.1 Å². The van der Waals surface area contributed by atoms with Crippen LogP contribution in [0.25, 0.3) is 12.2 Å². The Morgan fingerprint density at radius 1 is 0.525 bits per heavy atom. The van der Waals surface area contributed by atoms with Crippen molar-refractivity contribution < 1.29 is 27.6 Å². The monoisotopic (exact) mass is 624 g/mol. The number of benzene rings is 4. The maximum absolute atomic E-state index is 9.21. The second-order valence-electron chi connectivity index (χ2n) is 12.3. The summed E-state index contributed by atoms with van der Waals surface area (Å²) in [5.41, 5.74) is 9.74. The standard InChI is InChI=1S/2C9H7.2C8H10O.2CH3.H2Si.Zr/c2*1-2-5-9-7-3-6-8(9)4-1;2*1-6-4-3-5-7(2)8(6)9;;;;/h2*1-7H;2*3-5,9H,1-2H3;2*1H3;1H2;. The first-order valence-corrected chi connectivity index (χ1v) is 27.7. The van der Waals surface area contributed by atoms with Gasteiger partial charge in [0.2, 0.25) is 0 Å². The van der Waals surface area contributed by atoms with Gasteiger partial charge in [-0.05, 0) is 49.9 Å². The van der Waals surface area contributed by atoms with E-state index in [0.29, 0.717) is 18.8 Å². The molecule has 206 valence electrons. The summed E-state index contributed by atoms with van der Waals surface area (Å²) in [4.78, 5) is 0. The van der Waals surface area contributed by atoms with E-state index in [0.717, 1.165) is 22.3 Å². The van der Waals surface area contributed by atoms with Crippen molar-refractivity contribution in [2.24, 2.45) is 0 Å². The number of hydrogen-bond donors (Lipinski definition) is 2. The summed E-state index contributed by atoms with van der Waals surface area (Å²) in [5.74, 6) is 0.829. The van der Waals surface area contributed by atoms with Crippen molar-refractivity contribution >= 4 is 19.0 Å². The van der Waals surface area contributed by atoms with Gasteiger partial charge in [0, 0.05) is 0 Å². The average Bonchev–Trinajstić information content (AvgIpc) is 3.57. The molecule has 40 heavy (non-hydrogen) atoms. The van der Waals surface area contributed by atoms with Gasteiger partial charge in [-0.3, -0.25) is 0 Å². The molecule has 0 spiro atoms. The number of rotatable bonds is 2. The van der Waals surface area contributed by atoms with Crippen LogP contribution in [0, 0.1) is 27.7 Å². The fourth-order valence-electron chi connectivity index (χ4n) is 5.96. The molecule has 0 aliphatic heterocycles. The summed E-state index contributed by atoms with van der Waals surface area (Å²) in [6.07, 6.45) is 9.69. The molecule has 4 aromatic carbocycles. The second kappa shape index (κ2) is 11.9. The van der Waals surface area contributed by atoms with Crippen LogP contribution in [0.2, 0.25) is 9.26 Å². The summed E-state index contributed by atoms with van der Waals surface area (Å²) in [6, 6.07) is 29.4. The first kappa shape index (κ1) is 30.0. The Balaban J connectivity index is 0.000000169. The van der Waals surface area contributed by atoms with Gasteiger partial charge in [-0.2, -0.15) is 0 Å². The van der Waals surface area contributed by atoms with Crippen molar-refractivity contribution in [3.8, 4) is 11.5 Å². The molecule has 0 bridgehead atoms. The molecule has 2 aliphatic carbocycles. The number of fused-ring (bicyclic) bond motifs is 2. The van der Waals surface area contributed by atoms with Gasteiger partial charge >= 0.3 is 136 Å². The van der Waals surface area contributed by atoms with Crippen molar-refractivity contribution in [3.05, 3.63) is 142 Å². The third-order valence-electron chi connectivity index (χ3n) is 8.52. The fraction of sp³-hybridized carbons (Fsp3) is 0.222. The molecular weight excluding hydrogens is 584 g/mol. The Bertz CT molecular complexity index is 1500. The number of para-hydroxylation sites is 2. The quantitative estimate of drug-likeness (QED) is 0.219. The minimum absolute atomic E-state index is 0.414. The molecule has 0 heterocycles. The Kier molecular flexibility index (Phi) is 8.93. The third kappa shape index (κ3) is 6.19. The van der Waals surface area contributed by atoms with Gasteiger partial charge in [0.15, 0.2) is 0 Å². The van der Waals surface area contributed by atoms with E-state index >= 15 is 0 Å². The Labute approximate surface area is 242 Å². The van der Waals surface area contributed by atoms with Crippen LogP contribution in [0.1, 0.15) is 51.8 Å². The predicted molar refractivity (Wildman–Crippen MR) is 172 cm³/mol. The summed E-state index contributed by atoms with van der Waals surface area (Å²) in [7, 11) is 0. The van der Waals surface area contributed by atoms with Gasteiger partial charge in [-0.15, -0.1) is 0 Å². The molecule has 0 radical (unpaired) electrons. The normalized spacial score (nSPS) is 16.8. The zero-order valence-corrected chi connectivity index (χ0v) is 28.5. The number of allylic oxidation sites excluding steroid dienone is 2. The average molecular weight is 626 g/mol. The summed E-state index contributed by atoms with van der Waals surface area (Å²) in [6.45, 7) is 9.94. The molecule has 2 atom stereocenters. The van der Waals surface area contributed by atoms with E-state index in [2.05, 4.69) is 89.0 Å². The van der Waals surface area contributed by atoms with Crippen molar-refractivity contribution in [2.75, 3.05) is 0 Å². The number of hydrogen-bond acceptors (Lipinski definition) is 2. The van der Waals surface area contributed by atoms with Gasteiger partial charge in [0.1, 0.15) is 11.5 Å². The summed E-state index contributed by atoms with van der Waals surface area (Å²) >= 11 is -3.02. The predicted octanol–water partition coefficient (Wildman–Crippen LogP) is 8.87. The topological polar surface area (TPSA) is 40.5 Å². The molecule has 0 amide bonds. The molecule has 0 aromatic heterocycles. The Morgan fingerprint density at radius 3 is 1.18 bits per heavy atom. The van der Waals surface area contributed by atoms with Crippen LogP contribution in [0.5, 0.6) is 11.5 Å². The van der Waals surface area contributed by atoms with Crippen molar-refractivity contribution in [2.45, 2.75) is 44.2 Å². The molecule has 4 heteroatoms. The Hall–Kier alpha value is -2.94. The van der Waals surface area contributed by atoms with Gasteiger partial charge in [0.25, 0.3) is 0 Å². The summed E-state index contributed by atoms with van der Waals surface area (Å²) < 4.78 is 6.59. The van der Waals surface area contributed by atoms with E-state index in [9.17, 15) is 10.2 Å². The van der Waals surface area contributed by atoms with Crippen molar-refractivity contribution in [3.63, 3.8) is 0 Å². The zero-order valence-electron chi connectivity index (χ0n) is 24.6. The van der Waals surface area contributed by atoms with Crippen LogP contribution in [-0.4, -0.2) is 17.1 Å². The van der Waals surface area contributed by atoms with Crippen LogP contribution in [-0.2, 0) is 17.4 Å². The van der Waals surface area contributed by atoms with Gasteiger partial charge in [-0.1, -0.05) is 36.4 Å². The van der Waals surface area contributed by atoms with E-state index in [4.69, 9.17) is 0 Å². The Morgan fingerprint density at radius 2 is 0.850 bits per heavy atom. The third-order valence-corrected chi connectivity index (χ3v) is 26.2. The van der Waals surface area contributed by atoms with Crippen LogP contribution >= 0.6 is 0 Å². The number of aryl methyl sites for hydroxylation is 4. The molecule has 0 fully saturated rings. The van der Waals surface area contributed by atoms with Crippen LogP contribution in [0.3, 0.4) is 0 Å². The number of aromatic hydroxyl groups is 2.